The van der Waals surface area contributed by atoms with Crippen LogP contribution >= 0.6 is 0 Å². The van der Waals surface area contributed by atoms with Gasteiger partial charge in [0.1, 0.15) is 0 Å². The van der Waals surface area contributed by atoms with Crippen LogP contribution in [-0.4, -0.2) is 55.1 Å². The summed E-state index contributed by atoms with van der Waals surface area (Å²) in [5.41, 5.74) is 7.46. The maximum absolute atomic E-state index is 12.2. The summed E-state index contributed by atoms with van der Waals surface area (Å²) < 4.78 is 4.67. The predicted octanol–water partition coefficient (Wildman–Crippen LogP) is 1.11. The van der Waals surface area contributed by atoms with Gasteiger partial charge in [-0.05, 0) is 24.1 Å². The lowest BCUT2D eigenvalue weighted by atomic mass is 10.1. The predicted molar refractivity (Wildman–Crippen MR) is 79.7 cm³/mol. The summed E-state index contributed by atoms with van der Waals surface area (Å²) in [6.45, 7) is 2.19. The highest BCUT2D eigenvalue weighted by atomic mass is 16.5. The van der Waals surface area contributed by atoms with Gasteiger partial charge in [-0.2, -0.15) is 0 Å². The molecule has 0 radical (unpaired) electrons. The molecule has 0 atom stereocenters. The summed E-state index contributed by atoms with van der Waals surface area (Å²) >= 11 is 0. The van der Waals surface area contributed by atoms with Crippen molar-refractivity contribution in [2.24, 2.45) is 0 Å². The summed E-state index contributed by atoms with van der Waals surface area (Å²) in [6.07, 6.45) is 0.849. The summed E-state index contributed by atoms with van der Waals surface area (Å²) in [5.74, 6) is 0.122. The Morgan fingerprint density at radius 3 is 2.24 bits per heavy atom. The zero-order valence-electron chi connectivity index (χ0n) is 12.2. The monoisotopic (exact) mass is 291 g/mol. The summed E-state index contributed by atoms with van der Waals surface area (Å²) in [5, 5.41) is 0. The van der Waals surface area contributed by atoms with Gasteiger partial charge in [0.15, 0.2) is 0 Å². The Bertz CT molecular complexity index is 493. The molecule has 2 N–H and O–H groups in total. The number of methoxy groups -OCH3 is 1. The first-order valence-corrected chi connectivity index (χ1v) is 7.05. The molecule has 2 amide bonds. The van der Waals surface area contributed by atoms with E-state index < -0.39 is 0 Å². The molecule has 0 aromatic heterocycles. The molecule has 0 aliphatic carbocycles. The maximum Gasteiger partial charge on any atom is 0.409 e. The molecule has 1 aromatic rings. The molecule has 2 rings (SSSR count). The van der Waals surface area contributed by atoms with Crippen molar-refractivity contribution in [1.29, 1.82) is 0 Å². The number of rotatable bonds is 3. The Morgan fingerprint density at radius 1 is 1.10 bits per heavy atom. The second kappa shape index (κ2) is 6.97. The van der Waals surface area contributed by atoms with Gasteiger partial charge in [0.2, 0.25) is 5.91 Å². The van der Waals surface area contributed by atoms with Crippen LogP contribution in [0.5, 0.6) is 0 Å². The number of benzene rings is 1. The van der Waals surface area contributed by atoms with Crippen molar-refractivity contribution >= 4 is 17.7 Å². The number of carbonyl (C=O) groups excluding carboxylic acids is 2. The average Bonchev–Trinajstić information content (AvgIpc) is 2.53. The van der Waals surface area contributed by atoms with Crippen LogP contribution in [0, 0.1) is 0 Å². The Morgan fingerprint density at radius 2 is 1.67 bits per heavy atom. The fourth-order valence-electron chi connectivity index (χ4n) is 2.36. The molecule has 1 heterocycles. The first-order chi connectivity index (χ1) is 10.1. The number of hydrogen-bond donors (Lipinski definition) is 1. The van der Waals surface area contributed by atoms with Gasteiger partial charge in [-0.15, -0.1) is 0 Å². The lowest BCUT2D eigenvalue weighted by Crippen LogP contribution is -2.50. The third kappa shape index (κ3) is 4.11. The van der Waals surface area contributed by atoms with Gasteiger partial charge in [0, 0.05) is 38.3 Å². The van der Waals surface area contributed by atoms with E-state index in [0.29, 0.717) is 39.0 Å². The number of hydrogen-bond acceptors (Lipinski definition) is 4. The summed E-state index contributed by atoms with van der Waals surface area (Å²) in [4.78, 5) is 26.9. The first-order valence-electron chi connectivity index (χ1n) is 7.05. The van der Waals surface area contributed by atoms with Crippen LogP contribution in [0.3, 0.4) is 0 Å². The Hall–Kier alpha value is -2.24. The largest absolute Gasteiger partial charge is 0.453 e. The molecule has 1 saturated heterocycles. The third-order valence-electron chi connectivity index (χ3n) is 3.67. The Balaban J connectivity index is 1.77. The van der Waals surface area contributed by atoms with Gasteiger partial charge in [0.05, 0.1) is 7.11 Å². The van der Waals surface area contributed by atoms with Crippen molar-refractivity contribution in [2.75, 3.05) is 39.0 Å². The highest BCUT2D eigenvalue weighted by Gasteiger charge is 2.24. The number of nitrogens with two attached hydrogens (primary N) is 1. The van der Waals surface area contributed by atoms with Crippen LogP contribution in [0.25, 0.3) is 0 Å². The molecule has 114 valence electrons. The molecule has 1 aromatic carbocycles. The fraction of sp³-hybridized carbons (Fsp3) is 0.467. The highest BCUT2D eigenvalue weighted by molar-refractivity contribution is 5.77. The van der Waals surface area contributed by atoms with Crippen LogP contribution in [-0.2, 0) is 16.0 Å². The molecule has 0 saturated carbocycles. The van der Waals surface area contributed by atoms with Gasteiger partial charge in [-0.25, -0.2) is 4.79 Å². The van der Waals surface area contributed by atoms with Gasteiger partial charge >= 0.3 is 6.09 Å². The van der Waals surface area contributed by atoms with Crippen LogP contribution in [0.1, 0.15) is 12.0 Å². The lowest BCUT2D eigenvalue weighted by molar-refractivity contribution is -0.132. The second-order valence-electron chi connectivity index (χ2n) is 5.08. The van der Waals surface area contributed by atoms with Crippen LogP contribution in [0.2, 0.25) is 0 Å². The van der Waals surface area contributed by atoms with Crippen LogP contribution in [0.15, 0.2) is 24.3 Å². The van der Waals surface area contributed by atoms with E-state index in [1.807, 2.05) is 24.3 Å². The number of nitrogen functional groups attached to an aromatic ring is 1. The fourth-order valence-corrected chi connectivity index (χ4v) is 2.36. The molecule has 1 aliphatic rings. The number of nitrogens with zero attached hydrogens (tertiary/aromatic N) is 2. The van der Waals surface area contributed by atoms with Crippen molar-refractivity contribution in [3.63, 3.8) is 0 Å². The second-order valence-corrected chi connectivity index (χ2v) is 5.08. The summed E-state index contributed by atoms with van der Waals surface area (Å²) in [6, 6.07) is 7.57. The normalized spacial score (nSPS) is 14.9. The number of ether oxygens (including phenoxy) is 1. The molecule has 1 aliphatic heterocycles. The van der Waals surface area contributed by atoms with Crippen molar-refractivity contribution < 1.29 is 14.3 Å². The molecule has 0 unspecified atom stereocenters. The molecular weight excluding hydrogens is 270 g/mol. The molecular formula is C15H21N3O3. The van der Waals surface area contributed by atoms with Gasteiger partial charge in [-0.1, -0.05) is 12.1 Å². The van der Waals surface area contributed by atoms with Gasteiger partial charge in [-0.3, -0.25) is 4.79 Å². The molecule has 1 fully saturated rings. The molecule has 0 spiro atoms. The number of aryl methyl sites for hydroxylation is 1. The Labute approximate surface area is 124 Å². The number of piperazine rings is 1. The van der Waals surface area contributed by atoms with E-state index in [2.05, 4.69) is 4.74 Å². The number of carbonyl (C=O) groups is 2. The first kappa shape index (κ1) is 15.2. The van der Waals surface area contributed by atoms with Gasteiger partial charge < -0.3 is 20.3 Å². The standard InChI is InChI=1S/C15H21N3O3/c1-21-15(20)18-10-8-17(9-11-18)14(19)7-4-12-2-5-13(16)6-3-12/h2-3,5-6H,4,7-11,16H2,1H3. The lowest BCUT2D eigenvalue weighted by Gasteiger charge is -2.33. The van der Waals surface area contributed by atoms with E-state index >= 15 is 0 Å². The quantitative estimate of drug-likeness (QED) is 0.847. The van der Waals surface area contributed by atoms with Crippen molar-refractivity contribution in [3.8, 4) is 0 Å². The van der Waals surface area contributed by atoms with E-state index in [4.69, 9.17) is 5.73 Å². The van der Waals surface area contributed by atoms with E-state index in [0.717, 1.165) is 11.3 Å². The van der Waals surface area contributed by atoms with Crippen LogP contribution < -0.4 is 5.73 Å². The maximum atomic E-state index is 12.2. The Kier molecular flexibility index (Phi) is 5.03. The molecule has 21 heavy (non-hydrogen) atoms. The minimum atomic E-state index is -0.330. The minimum Gasteiger partial charge on any atom is -0.453 e. The smallest absolute Gasteiger partial charge is 0.409 e. The molecule has 6 nitrogen and oxygen atoms in total. The van der Waals surface area contributed by atoms with Crippen molar-refractivity contribution in [1.82, 2.24) is 9.80 Å². The summed E-state index contributed by atoms with van der Waals surface area (Å²) in [7, 11) is 1.37. The molecule has 0 bridgehead atoms. The van der Waals surface area contributed by atoms with Crippen LogP contribution in [0.4, 0.5) is 10.5 Å². The van der Waals surface area contributed by atoms with Crippen molar-refractivity contribution in [3.05, 3.63) is 29.8 Å². The average molecular weight is 291 g/mol. The zero-order valence-corrected chi connectivity index (χ0v) is 12.2. The number of anilines is 1. The van der Waals surface area contributed by atoms with Gasteiger partial charge in [0.25, 0.3) is 0 Å². The number of amides is 2. The topological polar surface area (TPSA) is 75.9 Å². The van der Waals surface area contributed by atoms with Crippen molar-refractivity contribution in [2.45, 2.75) is 12.8 Å². The van der Waals surface area contributed by atoms with E-state index in [9.17, 15) is 9.59 Å². The molecule has 6 heteroatoms. The third-order valence-corrected chi connectivity index (χ3v) is 3.67. The van der Waals surface area contributed by atoms with E-state index in [-0.39, 0.29) is 12.0 Å². The minimum absolute atomic E-state index is 0.122. The SMILES string of the molecule is COC(=O)N1CCN(C(=O)CCc2ccc(N)cc2)CC1. The van der Waals surface area contributed by atoms with E-state index in [1.165, 1.54) is 7.11 Å². The van der Waals surface area contributed by atoms with E-state index in [1.54, 1.807) is 9.80 Å². The zero-order chi connectivity index (χ0) is 15.2. The highest BCUT2D eigenvalue weighted by Crippen LogP contribution is 2.10.